The third-order valence-corrected chi connectivity index (χ3v) is 7.43. The maximum absolute atomic E-state index is 13.2. The molecule has 10 heteroatoms. The van der Waals surface area contributed by atoms with Gasteiger partial charge in [0.2, 0.25) is 11.8 Å². The molecule has 0 spiro atoms. The number of urea groups is 1. The number of carbonyl (C=O) groups excluding carboxylic acids is 3. The minimum atomic E-state index is -0.642. The molecule has 3 saturated heterocycles. The van der Waals surface area contributed by atoms with Crippen molar-refractivity contribution in [2.45, 2.75) is 43.9 Å². The highest BCUT2D eigenvalue weighted by molar-refractivity contribution is 8.00. The third kappa shape index (κ3) is 3.73. The summed E-state index contributed by atoms with van der Waals surface area (Å²) in [6.45, 7) is 2.16. The van der Waals surface area contributed by atoms with Crippen molar-refractivity contribution in [2.24, 2.45) is 0 Å². The van der Waals surface area contributed by atoms with Gasteiger partial charge >= 0.3 is 6.03 Å². The van der Waals surface area contributed by atoms with Crippen molar-refractivity contribution in [3.63, 3.8) is 0 Å². The van der Waals surface area contributed by atoms with Crippen molar-refractivity contribution in [1.29, 1.82) is 0 Å². The number of hydrazine groups is 1. The first-order valence-corrected chi connectivity index (χ1v) is 11.8. The van der Waals surface area contributed by atoms with Gasteiger partial charge in [-0.15, -0.1) is 11.8 Å². The van der Waals surface area contributed by atoms with Gasteiger partial charge in [-0.25, -0.2) is 9.80 Å². The van der Waals surface area contributed by atoms with Gasteiger partial charge in [0.25, 0.3) is 0 Å². The molecule has 2 aromatic rings. The molecule has 3 fully saturated rings. The lowest BCUT2D eigenvalue weighted by Crippen LogP contribution is -2.65. The second-order valence-electron chi connectivity index (χ2n) is 8.07. The van der Waals surface area contributed by atoms with Gasteiger partial charge < -0.3 is 9.73 Å². The number of fused-ring (bicyclic) bond motifs is 3. The Labute approximate surface area is 190 Å². The van der Waals surface area contributed by atoms with Gasteiger partial charge in [0.15, 0.2) is 6.29 Å². The molecule has 5 rings (SSSR count). The van der Waals surface area contributed by atoms with Crippen LogP contribution in [0.5, 0.6) is 0 Å². The fraction of sp³-hybridized carbons (Fsp3) is 0.409. The van der Waals surface area contributed by atoms with Crippen molar-refractivity contribution in [3.05, 3.63) is 54.0 Å². The zero-order valence-corrected chi connectivity index (χ0v) is 18.5. The molecular weight excluding hydrogens is 430 g/mol. The molecule has 1 aromatic carbocycles. The summed E-state index contributed by atoms with van der Waals surface area (Å²) in [6.07, 6.45) is 2.59. The maximum atomic E-state index is 13.2. The lowest BCUT2D eigenvalue weighted by Gasteiger charge is -2.43. The molecule has 3 aliphatic rings. The van der Waals surface area contributed by atoms with Gasteiger partial charge in [-0.05, 0) is 48.4 Å². The first kappa shape index (κ1) is 20.9. The number of carbonyl (C=O) groups is 3. The number of anilines is 1. The van der Waals surface area contributed by atoms with Crippen LogP contribution in [-0.2, 0) is 22.6 Å². The number of thioether (sulfide) groups is 1. The van der Waals surface area contributed by atoms with Crippen LogP contribution in [0.15, 0.2) is 47.1 Å². The van der Waals surface area contributed by atoms with E-state index in [1.165, 1.54) is 10.6 Å². The molecular formula is C22H25N5O4S. The highest BCUT2D eigenvalue weighted by atomic mass is 32.2. The van der Waals surface area contributed by atoms with Crippen molar-refractivity contribution in [1.82, 2.24) is 20.2 Å². The molecule has 0 saturated carbocycles. The number of nitrogens with zero attached hydrogens (tertiary/aromatic N) is 3. The van der Waals surface area contributed by atoms with E-state index < -0.39 is 6.29 Å². The van der Waals surface area contributed by atoms with E-state index in [4.69, 9.17) is 4.42 Å². The lowest BCUT2D eigenvalue weighted by molar-refractivity contribution is -0.145. The van der Waals surface area contributed by atoms with Crippen LogP contribution in [0.4, 0.5) is 10.5 Å². The summed E-state index contributed by atoms with van der Waals surface area (Å²) in [7, 11) is 0. The van der Waals surface area contributed by atoms with Gasteiger partial charge in [0, 0.05) is 5.69 Å². The van der Waals surface area contributed by atoms with Gasteiger partial charge in [0.1, 0.15) is 17.6 Å². The normalized spacial score (nSPS) is 24.7. The highest BCUT2D eigenvalue weighted by Gasteiger charge is 2.56. The molecule has 4 heterocycles. The Hall–Kier alpha value is -2.98. The Bertz CT molecular complexity index is 1010. The van der Waals surface area contributed by atoms with Crippen LogP contribution in [0.3, 0.4) is 0 Å². The fourth-order valence-electron chi connectivity index (χ4n) is 4.44. The number of benzene rings is 1. The molecule has 2 N–H and O–H groups in total. The van der Waals surface area contributed by atoms with Gasteiger partial charge in [-0.2, -0.15) is 5.43 Å². The molecule has 3 aliphatic heterocycles. The van der Waals surface area contributed by atoms with E-state index in [2.05, 4.69) is 17.7 Å². The predicted molar refractivity (Wildman–Crippen MR) is 119 cm³/mol. The Kier molecular flexibility index (Phi) is 5.56. The minimum Gasteiger partial charge on any atom is -0.467 e. The maximum Gasteiger partial charge on any atom is 0.337 e. The summed E-state index contributed by atoms with van der Waals surface area (Å²) in [5.74, 6) is 1.13. The Balaban J connectivity index is 1.32. The molecule has 3 unspecified atom stereocenters. The quantitative estimate of drug-likeness (QED) is 0.693. The number of aryl methyl sites for hydroxylation is 1. The van der Waals surface area contributed by atoms with E-state index in [9.17, 15) is 14.4 Å². The molecule has 0 radical (unpaired) electrons. The zero-order chi connectivity index (χ0) is 22.2. The number of amides is 4. The molecule has 1 aromatic heterocycles. The van der Waals surface area contributed by atoms with E-state index in [0.29, 0.717) is 11.4 Å². The SMILES string of the molecule is CCc1ccc(NC(=O)CN2NC3N(Cc4ccco4)C(=O)C4SCCC4N3C2=O)cc1. The van der Waals surface area contributed by atoms with E-state index >= 15 is 0 Å². The lowest BCUT2D eigenvalue weighted by atomic mass is 10.1. The Morgan fingerprint density at radius 3 is 2.78 bits per heavy atom. The first-order valence-electron chi connectivity index (χ1n) is 10.7. The second kappa shape index (κ2) is 8.51. The average Bonchev–Trinajstić information content (AvgIpc) is 3.53. The molecule has 0 aliphatic carbocycles. The zero-order valence-electron chi connectivity index (χ0n) is 17.7. The van der Waals surface area contributed by atoms with Gasteiger partial charge in [-0.1, -0.05) is 19.1 Å². The molecule has 3 atom stereocenters. The number of hydrogen-bond acceptors (Lipinski definition) is 6. The summed E-state index contributed by atoms with van der Waals surface area (Å²) in [5, 5.41) is 3.84. The average molecular weight is 456 g/mol. The van der Waals surface area contributed by atoms with Crippen molar-refractivity contribution >= 4 is 35.3 Å². The largest absolute Gasteiger partial charge is 0.467 e. The number of hydrogen-bond donors (Lipinski definition) is 2. The first-order chi connectivity index (χ1) is 15.5. The minimum absolute atomic E-state index is 0.0160. The smallest absolute Gasteiger partial charge is 0.337 e. The highest BCUT2D eigenvalue weighted by Crippen LogP contribution is 2.39. The van der Waals surface area contributed by atoms with Crippen LogP contribution in [0.1, 0.15) is 24.7 Å². The van der Waals surface area contributed by atoms with Crippen molar-refractivity contribution in [3.8, 4) is 0 Å². The summed E-state index contributed by atoms with van der Waals surface area (Å²) in [4.78, 5) is 42.4. The molecule has 32 heavy (non-hydrogen) atoms. The third-order valence-electron chi connectivity index (χ3n) is 6.08. The Morgan fingerprint density at radius 2 is 2.06 bits per heavy atom. The van der Waals surface area contributed by atoms with Gasteiger partial charge in [-0.3, -0.25) is 19.4 Å². The van der Waals surface area contributed by atoms with E-state index in [1.807, 2.05) is 24.3 Å². The van der Waals surface area contributed by atoms with E-state index in [1.54, 1.807) is 40.0 Å². The van der Waals surface area contributed by atoms with Crippen LogP contribution in [0, 0.1) is 0 Å². The molecule has 9 nitrogen and oxygen atoms in total. The molecule has 4 amide bonds. The van der Waals surface area contributed by atoms with Crippen molar-refractivity contribution < 1.29 is 18.8 Å². The molecule has 168 valence electrons. The summed E-state index contributed by atoms with van der Waals surface area (Å²) in [6, 6.07) is 10.7. The number of furan rings is 1. The predicted octanol–water partition coefficient (Wildman–Crippen LogP) is 2.22. The summed E-state index contributed by atoms with van der Waals surface area (Å²) < 4.78 is 5.44. The molecule has 0 bridgehead atoms. The number of rotatable bonds is 6. The van der Waals surface area contributed by atoms with Crippen LogP contribution in [-0.4, -0.2) is 62.5 Å². The topological polar surface area (TPSA) is 98.1 Å². The van der Waals surface area contributed by atoms with Gasteiger partial charge in [0.05, 0.1) is 18.8 Å². The fourth-order valence-corrected chi connectivity index (χ4v) is 5.84. The second-order valence-corrected chi connectivity index (χ2v) is 9.32. The van der Waals surface area contributed by atoms with Crippen LogP contribution >= 0.6 is 11.8 Å². The van der Waals surface area contributed by atoms with Crippen LogP contribution < -0.4 is 10.7 Å². The standard InChI is InChI=1S/C22H25N5O4S/c1-2-14-5-7-15(8-6-14)23-18(28)13-26-22(30)27-17-9-11-32-19(17)20(29)25(21(27)24-26)12-16-4-3-10-31-16/h3-8,10,17,19,21,24H,2,9,11-13H2,1H3,(H,23,28). The summed E-state index contributed by atoms with van der Waals surface area (Å²) >= 11 is 1.58. The number of nitrogens with one attached hydrogen (secondary N) is 2. The van der Waals surface area contributed by atoms with Crippen LogP contribution in [0.25, 0.3) is 0 Å². The summed E-state index contributed by atoms with van der Waals surface area (Å²) in [5.41, 5.74) is 4.95. The van der Waals surface area contributed by atoms with Crippen molar-refractivity contribution in [2.75, 3.05) is 17.6 Å². The van der Waals surface area contributed by atoms with Crippen LogP contribution in [0.2, 0.25) is 0 Å². The van der Waals surface area contributed by atoms with E-state index in [0.717, 1.165) is 18.6 Å². The monoisotopic (exact) mass is 455 g/mol. The Morgan fingerprint density at radius 1 is 1.25 bits per heavy atom. The van der Waals surface area contributed by atoms with E-state index in [-0.39, 0.29) is 42.2 Å².